The number of nitrogens with zero attached hydrogens (tertiary/aromatic N) is 4. The Hall–Kier alpha value is -3.24. The number of carbonyl (C=O) groups is 1. The van der Waals surface area contributed by atoms with Crippen molar-refractivity contribution < 1.29 is 22.5 Å². The standard InChI is InChI=1S/C23H26N4O5S/c1-17-3-5-18(6-4-17)23-24-21(32-25-23)11-12-22(28)26-13-15-27(16-14-26)33(29,30)20-9-7-19(31-2)8-10-20/h3-10H,11-16H2,1-2H3. The summed E-state index contributed by atoms with van der Waals surface area (Å²) in [4.78, 5) is 18.9. The van der Waals surface area contributed by atoms with E-state index in [9.17, 15) is 13.2 Å². The van der Waals surface area contributed by atoms with E-state index >= 15 is 0 Å². The fraction of sp³-hybridized carbons (Fsp3) is 0.348. The van der Waals surface area contributed by atoms with Crippen molar-refractivity contribution in [3.8, 4) is 17.1 Å². The highest BCUT2D eigenvalue weighted by molar-refractivity contribution is 7.89. The Balaban J connectivity index is 1.29. The van der Waals surface area contributed by atoms with Crippen LogP contribution in [0.1, 0.15) is 17.9 Å². The summed E-state index contributed by atoms with van der Waals surface area (Å²) in [5.41, 5.74) is 2.00. The fourth-order valence-electron chi connectivity index (χ4n) is 3.62. The van der Waals surface area contributed by atoms with Crippen LogP contribution in [0.4, 0.5) is 0 Å². The van der Waals surface area contributed by atoms with Crippen LogP contribution in [-0.2, 0) is 21.2 Å². The minimum atomic E-state index is -3.61. The van der Waals surface area contributed by atoms with E-state index in [4.69, 9.17) is 9.26 Å². The summed E-state index contributed by atoms with van der Waals surface area (Å²) in [5.74, 6) is 1.43. The van der Waals surface area contributed by atoms with Gasteiger partial charge in [-0.25, -0.2) is 8.42 Å². The maximum Gasteiger partial charge on any atom is 0.243 e. The van der Waals surface area contributed by atoms with Crippen LogP contribution in [0.15, 0.2) is 57.9 Å². The zero-order chi connectivity index (χ0) is 23.4. The van der Waals surface area contributed by atoms with Crippen LogP contribution < -0.4 is 4.74 Å². The summed E-state index contributed by atoms with van der Waals surface area (Å²) < 4.78 is 37.5. The first-order valence-corrected chi connectivity index (χ1v) is 12.1. The van der Waals surface area contributed by atoms with Crippen molar-refractivity contribution in [3.63, 3.8) is 0 Å². The predicted octanol–water partition coefficient (Wildman–Crippen LogP) is 2.52. The Bertz CT molecular complexity index is 1200. The molecule has 0 saturated carbocycles. The number of aryl methyl sites for hydroxylation is 2. The maximum atomic E-state index is 12.9. The van der Waals surface area contributed by atoms with Crippen LogP contribution in [0.5, 0.6) is 5.75 Å². The molecule has 174 valence electrons. The molecular weight excluding hydrogens is 444 g/mol. The van der Waals surface area contributed by atoms with Gasteiger partial charge in [0.15, 0.2) is 0 Å². The van der Waals surface area contributed by atoms with Crippen LogP contribution in [0.3, 0.4) is 0 Å². The molecule has 3 aromatic rings. The molecule has 4 rings (SSSR count). The third-order valence-corrected chi connectivity index (χ3v) is 7.53. The van der Waals surface area contributed by atoms with E-state index in [1.165, 1.54) is 23.5 Å². The van der Waals surface area contributed by atoms with Crippen molar-refractivity contribution in [2.45, 2.75) is 24.7 Å². The summed E-state index contributed by atoms with van der Waals surface area (Å²) >= 11 is 0. The molecule has 1 saturated heterocycles. The molecule has 33 heavy (non-hydrogen) atoms. The highest BCUT2D eigenvalue weighted by atomic mass is 32.2. The average molecular weight is 471 g/mol. The number of piperazine rings is 1. The van der Waals surface area contributed by atoms with Gasteiger partial charge < -0.3 is 14.2 Å². The second-order valence-corrected chi connectivity index (χ2v) is 9.78. The first-order chi connectivity index (χ1) is 15.9. The number of aromatic nitrogens is 2. The van der Waals surface area contributed by atoms with E-state index in [0.29, 0.717) is 37.0 Å². The molecule has 1 amide bonds. The first-order valence-electron chi connectivity index (χ1n) is 10.7. The summed E-state index contributed by atoms with van der Waals surface area (Å²) in [7, 11) is -2.08. The Morgan fingerprint density at radius 3 is 2.33 bits per heavy atom. The van der Waals surface area contributed by atoms with E-state index in [1.54, 1.807) is 17.0 Å². The third-order valence-electron chi connectivity index (χ3n) is 5.62. The number of methoxy groups -OCH3 is 1. The second-order valence-electron chi connectivity index (χ2n) is 7.84. The number of carbonyl (C=O) groups excluding carboxylic acids is 1. The molecule has 1 fully saturated rings. The minimum Gasteiger partial charge on any atom is -0.497 e. The highest BCUT2D eigenvalue weighted by Crippen LogP contribution is 2.21. The minimum absolute atomic E-state index is 0.0634. The van der Waals surface area contributed by atoms with Gasteiger partial charge in [0.25, 0.3) is 0 Å². The molecule has 0 bridgehead atoms. The van der Waals surface area contributed by atoms with E-state index in [0.717, 1.165) is 11.1 Å². The molecule has 0 aliphatic carbocycles. The number of rotatable bonds is 7. The Kier molecular flexibility index (Phi) is 6.75. The number of sulfonamides is 1. The zero-order valence-corrected chi connectivity index (χ0v) is 19.4. The molecule has 9 nitrogen and oxygen atoms in total. The fourth-order valence-corrected chi connectivity index (χ4v) is 5.05. The molecule has 0 unspecified atom stereocenters. The van der Waals surface area contributed by atoms with Crippen LogP contribution in [-0.4, -0.2) is 67.0 Å². The van der Waals surface area contributed by atoms with Crippen molar-refractivity contribution in [1.82, 2.24) is 19.3 Å². The Labute approximate surface area is 193 Å². The first kappa shape index (κ1) is 22.9. The van der Waals surface area contributed by atoms with Crippen molar-refractivity contribution in [1.29, 1.82) is 0 Å². The van der Waals surface area contributed by atoms with Gasteiger partial charge in [-0.15, -0.1) is 0 Å². The van der Waals surface area contributed by atoms with Crippen LogP contribution in [0, 0.1) is 6.92 Å². The van der Waals surface area contributed by atoms with Gasteiger partial charge in [-0.3, -0.25) is 4.79 Å². The van der Waals surface area contributed by atoms with Gasteiger partial charge >= 0.3 is 0 Å². The normalized spacial score (nSPS) is 14.9. The van der Waals surface area contributed by atoms with Gasteiger partial charge in [0, 0.05) is 44.6 Å². The predicted molar refractivity (Wildman–Crippen MR) is 121 cm³/mol. The van der Waals surface area contributed by atoms with Gasteiger partial charge in [0.2, 0.25) is 27.6 Å². The lowest BCUT2D eigenvalue weighted by atomic mass is 10.1. The van der Waals surface area contributed by atoms with Crippen molar-refractivity contribution >= 4 is 15.9 Å². The summed E-state index contributed by atoms with van der Waals surface area (Å²) in [6.07, 6.45) is 0.558. The quantitative estimate of drug-likeness (QED) is 0.522. The van der Waals surface area contributed by atoms with E-state index in [-0.39, 0.29) is 30.3 Å². The molecule has 10 heteroatoms. The highest BCUT2D eigenvalue weighted by Gasteiger charge is 2.30. The second kappa shape index (κ2) is 9.72. The third kappa shape index (κ3) is 5.23. The molecule has 0 radical (unpaired) electrons. The monoisotopic (exact) mass is 470 g/mol. The van der Waals surface area contributed by atoms with E-state index in [2.05, 4.69) is 10.1 Å². The number of amides is 1. The van der Waals surface area contributed by atoms with Crippen molar-refractivity contribution in [2.24, 2.45) is 0 Å². The zero-order valence-electron chi connectivity index (χ0n) is 18.6. The molecule has 0 atom stereocenters. The molecule has 2 aromatic carbocycles. The molecule has 0 N–H and O–H groups in total. The smallest absolute Gasteiger partial charge is 0.243 e. The Morgan fingerprint density at radius 2 is 1.70 bits per heavy atom. The summed E-state index contributed by atoms with van der Waals surface area (Å²) in [6.45, 7) is 3.18. The average Bonchev–Trinajstić information content (AvgIpc) is 3.32. The maximum absolute atomic E-state index is 12.9. The summed E-state index contributed by atoms with van der Waals surface area (Å²) in [5, 5.41) is 3.99. The topological polar surface area (TPSA) is 106 Å². The Morgan fingerprint density at radius 1 is 1.03 bits per heavy atom. The number of hydrogen-bond acceptors (Lipinski definition) is 7. The molecule has 1 aliphatic heterocycles. The lowest BCUT2D eigenvalue weighted by Crippen LogP contribution is -2.50. The van der Waals surface area contributed by atoms with E-state index in [1.807, 2.05) is 31.2 Å². The van der Waals surface area contributed by atoms with Crippen molar-refractivity contribution in [2.75, 3.05) is 33.3 Å². The molecule has 1 aliphatic rings. The molecular formula is C23H26N4O5S. The van der Waals surface area contributed by atoms with Gasteiger partial charge in [-0.1, -0.05) is 35.0 Å². The molecule has 1 aromatic heterocycles. The number of hydrogen-bond donors (Lipinski definition) is 0. The van der Waals surface area contributed by atoms with Gasteiger partial charge in [0.05, 0.1) is 12.0 Å². The van der Waals surface area contributed by atoms with E-state index < -0.39 is 10.0 Å². The summed E-state index contributed by atoms with van der Waals surface area (Å²) in [6, 6.07) is 14.1. The lowest BCUT2D eigenvalue weighted by molar-refractivity contribution is -0.132. The largest absolute Gasteiger partial charge is 0.497 e. The lowest BCUT2D eigenvalue weighted by Gasteiger charge is -2.34. The van der Waals surface area contributed by atoms with Gasteiger partial charge in [-0.2, -0.15) is 9.29 Å². The van der Waals surface area contributed by atoms with Gasteiger partial charge in [0.1, 0.15) is 5.75 Å². The van der Waals surface area contributed by atoms with Crippen LogP contribution >= 0.6 is 0 Å². The van der Waals surface area contributed by atoms with Crippen LogP contribution in [0.2, 0.25) is 0 Å². The number of ether oxygens (including phenoxy) is 1. The van der Waals surface area contributed by atoms with Crippen LogP contribution in [0.25, 0.3) is 11.4 Å². The van der Waals surface area contributed by atoms with Crippen molar-refractivity contribution in [3.05, 3.63) is 60.0 Å². The molecule has 0 spiro atoms. The number of benzene rings is 2. The SMILES string of the molecule is COc1ccc(S(=O)(=O)N2CCN(C(=O)CCc3nc(-c4ccc(C)cc4)no3)CC2)cc1. The van der Waals surface area contributed by atoms with Gasteiger partial charge in [-0.05, 0) is 31.2 Å². The molecule has 2 heterocycles.